The maximum atomic E-state index is 12.1. The maximum absolute atomic E-state index is 12.1. The Morgan fingerprint density at radius 1 is 1.30 bits per heavy atom. The highest BCUT2D eigenvalue weighted by Crippen LogP contribution is 2.36. The van der Waals surface area contributed by atoms with Crippen LogP contribution in [0.25, 0.3) is 0 Å². The summed E-state index contributed by atoms with van der Waals surface area (Å²) in [5, 5.41) is 0.0181. The number of carbonyl (C=O) groups excluding carboxylic acids is 1. The Bertz CT molecular complexity index is 578. The Kier molecular flexibility index (Phi) is 4.95. The minimum atomic E-state index is -0.504. The molecule has 1 unspecified atom stereocenters. The van der Waals surface area contributed by atoms with Gasteiger partial charge in [0, 0.05) is 12.4 Å². The first-order valence-corrected chi connectivity index (χ1v) is 7.05. The van der Waals surface area contributed by atoms with Gasteiger partial charge in [0.15, 0.2) is 5.82 Å². The second kappa shape index (κ2) is 6.91. The fourth-order valence-electron chi connectivity index (χ4n) is 1.64. The molecule has 0 bridgehead atoms. The molecule has 0 aliphatic rings. The van der Waals surface area contributed by atoms with Crippen LogP contribution in [0.15, 0.2) is 47.8 Å². The summed E-state index contributed by atoms with van der Waals surface area (Å²) in [5.74, 6) is -0.00326. The molecule has 2 rings (SSSR count). The van der Waals surface area contributed by atoms with Crippen LogP contribution in [0.4, 0.5) is 5.82 Å². The first-order valence-electron chi connectivity index (χ1n) is 6.17. The quantitative estimate of drug-likeness (QED) is 0.673. The molecule has 2 aromatic rings. The van der Waals surface area contributed by atoms with Gasteiger partial charge in [-0.25, -0.2) is 9.97 Å². The molecule has 0 spiro atoms. The molecule has 0 saturated carbocycles. The van der Waals surface area contributed by atoms with E-state index in [1.54, 1.807) is 13.1 Å². The van der Waals surface area contributed by atoms with E-state index < -0.39 is 5.25 Å². The van der Waals surface area contributed by atoms with Gasteiger partial charge in [0.05, 0.1) is 6.61 Å². The molecule has 0 amide bonds. The largest absolute Gasteiger partial charge is 0.465 e. The zero-order chi connectivity index (χ0) is 14.4. The van der Waals surface area contributed by atoms with Crippen molar-refractivity contribution in [1.29, 1.82) is 0 Å². The molecule has 1 aromatic carbocycles. The smallest absolute Gasteiger partial charge is 0.324 e. The number of anilines is 1. The van der Waals surface area contributed by atoms with E-state index >= 15 is 0 Å². The summed E-state index contributed by atoms with van der Waals surface area (Å²) < 4.78 is 5.12. The maximum Gasteiger partial charge on any atom is 0.324 e. The lowest BCUT2D eigenvalue weighted by Gasteiger charge is -2.15. The van der Waals surface area contributed by atoms with Crippen LogP contribution in [0.2, 0.25) is 0 Å². The van der Waals surface area contributed by atoms with Crippen LogP contribution in [0.5, 0.6) is 0 Å². The highest BCUT2D eigenvalue weighted by Gasteiger charge is 2.24. The average Bonchev–Trinajstić information content (AvgIpc) is 2.47. The van der Waals surface area contributed by atoms with Crippen LogP contribution in [-0.2, 0) is 9.53 Å². The molecule has 1 atom stereocenters. The molecule has 0 saturated heterocycles. The van der Waals surface area contributed by atoms with E-state index in [9.17, 15) is 4.79 Å². The minimum Gasteiger partial charge on any atom is -0.465 e. The van der Waals surface area contributed by atoms with E-state index in [2.05, 4.69) is 9.97 Å². The number of hydrogen-bond acceptors (Lipinski definition) is 6. The lowest BCUT2D eigenvalue weighted by Crippen LogP contribution is -2.14. The summed E-state index contributed by atoms with van der Waals surface area (Å²) >= 11 is 1.24. The van der Waals surface area contributed by atoms with E-state index in [1.165, 1.54) is 18.0 Å². The van der Waals surface area contributed by atoms with Crippen LogP contribution in [0.1, 0.15) is 17.7 Å². The molecule has 20 heavy (non-hydrogen) atoms. The number of esters is 1. The van der Waals surface area contributed by atoms with Crippen molar-refractivity contribution in [3.63, 3.8) is 0 Å². The summed E-state index contributed by atoms with van der Waals surface area (Å²) in [7, 11) is 0. The van der Waals surface area contributed by atoms with Crippen molar-refractivity contribution in [2.24, 2.45) is 0 Å². The number of benzene rings is 1. The number of carbonyl (C=O) groups is 1. The molecule has 2 N–H and O–H groups in total. The molecule has 0 aliphatic carbocycles. The van der Waals surface area contributed by atoms with Crippen LogP contribution in [-0.4, -0.2) is 22.5 Å². The van der Waals surface area contributed by atoms with Crippen molar-refractivity contribution in [3.05, 3.63) is 48.3 Å². The molecule has 104 valence electrons. The zero-order valence-corrected chi connectivity index (χ0v) is 11.8. The van der Waals surface area contributed by atoms with Gasteiger partial charge in [-0.1, -0.05) is 42.1 Å². The Labute approximate surface area is 121 Å². The molecular formula is C14H15N3O2S. The fourth-order valence-corrected chi connectivity index (χ4v) is 2.61. The summed E-state index contributed by atoms with van der Waals surface area (Å²) in [4.78, 5) is 20.3. The molecule has 1 heterocycles. The van der Waals surface area contributed by atoms with Crippen molar-refractivity contribution in [3.8, 4) is 0 Å². The number of hydrogen-bond donors (Lipinski definition) is 1. The highest BCUT2D eigenvalue weighted by molar-refractivity contribution is 8.00. The van der Waals surface area contributed by atoms with Crippen molar-refractivity contribution >= 4 is 23.5 Å². The SMILES string of the molecule is CCOC(=O)C(Sc1nccnc1N)c1ccccc1. The van der Waals surface area contributed by atoms with Gasteiger partial charge < -0.3 is 10.5 Å². The lowest BCUT2D eigenvalue weighted by atomic mass is 10.1. The number of thioether (sulfide) groups is 1. The number of rotatable bonds is 5. The third-order valence-corrected chi connectivity index (χ3v) is 3.76. The highest BCUT2D eigenvalue weighted by atomic mass is 32.2. The van der Waals surface area contributed by atoms with Gasteiger partial charge in [-0.2, -0.15) is 0 Å². The van der Waals surface area contributed by atoms with E-state index in [0.29, 0.717) is 17.5 Å². The molecule has 5 nitrogen and oxygen atoms in total. The first-order chi connectivity index (χ1) is 9.72. The number of aromatic nitrogens is 2. The average molecular weight is 289 g/mol. The monoisotopic (exact) mass is 289 g/mol. The van der Waals surface area contributed by atoms with E-state index in [4.69, 9.17) is 10.5 Å². The van der Waals surface area contributed by atoms with E-state index in [1.807, 2.05) is 30.3 Å². The molecule has 0 radical (unpaired) electrons. The number of ether oxygens (including phenoxy) is 1. The molecule has 1 aromatic heterocycles. The van der Waals surface area contributed by atoms with Gasteiger partial charge in [-0.3, -0.25) is 4.79 Å². The Hall–Kier alpha value is -2.08. The minimum absolute atomic E-state index is 0.308. The van der Waals surface area contributed by atoms with Crippen molar-refractivity contribution in [2.45, 2.75) is 17.2 Å². The first kappa shape index (κ1) is 14.3. The van der Waals surface area contributed by atoms with Gasteiger partial charge in [0.1, 0.15) is 10.3 Å². The van der Waals surface area contributed by atoms with Crippen molar-refractivity contribution < 1.29 is 9.53 Å². The summed E-state index contributed by atoms with van der Waals surface area (Å²) in [6.45, 7) is 2.11. The van der Waals surface area contributed by atoms with Gasteiger partial charge in [-0.15, -0.1) is 0 Å². The normalized spacial score (nSPS) is 11.8. The van der Waals surface area contributed by atoms with E-state index in [0.717, 1.165) is 5.56 Å². The molecule has 0 fully saturated rings. The zero-order valence-electron chi connectivity index (χ0n) is 11.0. The molecule has 6 heteroatoms. The number of nitrogens with zero attached hydrogens (tertiary/aromatic N) is 2. The van der Waals surface area contributed by atoms with Crippen LogP contribution in [0.3, 0.4) is 0 Å². The fraction of sp³-hybridized carbons (Fsp3) is 0.214. The van der Waals surface area contributed by atoms with Crippen molar-refractivity contribution in [2.75, 3.05) is 12.3 Å². The number of nitrogens with two attached hydrogens (primary N) is 1. The summed E-state index contributed by atoms with van der Waals surface area (Å²) in [6.07, 6.45) is 3.06. The van der Waals surface area contributed by atoms with Gasteiger partial charge in [0.25, 0.3) is 0 Å². The Morgan fingerprint density at radius 2 is 2.00 bits per heavy atom. The second-order valence-corrected chi connectivity index (χ2v) is 5.00. The number of nitrogen functional groups attached to an aromatic ring is 1. The standard InChI is InChI=1S/C14H15N3O2S/c1-2-19-14(18)11(10-6-4-3-5-7-10)20-13-12(15)16-8-9-17-13/h3-9,11H,2H2,1H3,(H2,15,16). The third-order valence-electron chi connectivity index (χ3n) is 2.52. The summed E-state index contributed by atoms with van der Waals surface area (Å²) in [5.41, 5.74) is 6.62. The van der Waals surface area contributed by atoms with Crippen LogP contribution >= 0.6 is 11.8 Å². The molecular weight excluding hydrogens is 274 g/mol. The van der Waals surface area contributed by atoms with E-state index in [-0.39, 0.29) is 5.97 Å². The topological polar surface area (TPSA) is 78.1 Å². The predicted octanol–water partition coefficient (Wildman–Crippen LogP) is 2.46. The lowest BCUT2D eigenvalue weighted by molar-refractivity contribution is -0.142. The van der Waals surface area contributed by atoms with Crippen LogP contribution < -0.4 is 5.73 Å². The van der Waals surface area contributed by atoms with Crippen molar-refractivity contribution in [1.82, 2.24) is 9.97 Å². The summed E-state index contributed by atoms with van der Waals surface area (Å²) in [6, 6.07) is 9.40. The predicted molar refractivity (Wildman–Crippen MR) is 78.1 cm³/mol. The third kappa shape index (κ3) is 3.48. The Morgan fingerprint density at radius 3 is 2.65 bits per heavy atom. The second-order valence-electron chi connectivity index (χ2n) is 3.91. The van der Waals surface area contributed by atoms with Crippen LogP contribution in [0, 0.1) is 0 Å². The molecule has 0 aliphatic heterocycles. The van der Waals surface area contributed by atoms with Gasteiger partial charge in [0.2, 0.25) is 0 Å². The Balaban J connectivity index is 2.28. The van der Waals surface area contributed by atoms with Gasteiger partial charge >= 0.3 is 5.97 Å². The van der Waals surface area contributed by atoms with Gasteiger partial charge in [-0.05, 0) is 12.5 Å².